The standard InChI is InChI=1S/C14H11ClFNOS/c1-8-2-4-10(7-12(8)16)18-13-6-9(15)3-5-11(13)14(17)19/h2-7H,1H3,(H2,17,19). The Labute approximate surface area is 120 Å². The Balaban J connectivity index is 2.39. The van der Waals surface area contributed by atoms with Gasteiger partial charge in [-0.05, 0) is 30.7 Å². The van der Waals surface area contributed by atoms with E-state index in [-0.39, 0.29) is 10.8 Å². The lowest BCUT2D eigenvalue weighted by Gasteiger charge is -2.11. The summed E-state index contributed by atoms with van der Waals surface area (Å²) in [5.41, 5.74) is 6.71. The fourth-order valence-corrected chi connectivity index (χ4v) is 1.88. The molecule has 0 saturated carbocycles. The van der Waals surface area contributed by atoms with Crippen LogP contribution in [0, 0.1) is 12.7 Å². The lowest BCUT2D eigenvalue weighted by atomic mass is 10.2. The van der Waals surface area contributed by atoms with Gasteiger partial charge < -0.3 is 10.5 Å². The zero-order chi connectivity index (χ0) is 14.0. The van der Waals surface area contributed by atoms with Gasteiger partial charge in [0.1, 0.15) is 22.3 Å². The van der Waals surface area contributed by atoms with E-state index in [0.717, 1.165) is 0 Å². The van der Waals surface area contributed by atoms with Crippen molar-refractivity contribution in [1.29, 1.82) is 0 Å². The number of hydrogen-bond acceptors (Lipinski definition) is 2. The molecule has 2 aromatic carbocycles. The van der Waals surface area contributed by atoms with Gasteiger partial charge in [0.05, 0.1) is 5.56 Å². The van der Waals surface area contributed by atoms with Crippen molar-refractivity contribution in [2.24, 2.45) is 5.73 Å². The van der Waals surface area contributed by atoms with E-state index >= 15 is 0 Å². The predicted molar refractivity (Wildman–Crippen MR) is 78.6 cm³/mol. The number of hydrogen-bond donors (Lipinski definition) is 1. The fourth-order valence-electron chi connectivity index (χ4n) is 1.55. The molecule has 0 amide bonds. The number of ether oxygens (including phenoxy) is 1. The van der Waals surface area contributed by atoms with E-state index in [4.69, 9.17) is 34.3 Å². The third kappa shape index (κ3) is 3.22. The first-order valence-electron chi connectivity index (χ1n) is 5.51. The van der Waals surface area contributed by atoms with E-state index in [1.54, 1.807) is 37.3 Å². The van der Waals surface area contributed by atoms with Crippen molar-refractivity contribution >= 4 is 28.8 Å². The van der Waals surface area contributed by atoms with Crippen LogP contribution in [-0.4, -0.2) is 4.99 Å². The molecule has 0 unspecified atom stereocenters. The van der Waals surface area contributed by atoms with Crippen LogP contribution in [-0.2, 0) is 0 Å². The third-order valence-electron chi connectivity index (χ3n) is 2.58. The second-order valence-corrected chi connectivity index (χ2v) is 4.89. The van der Waals surface area contributed by atoms with Crippen LogP contribution in [0.15, 0.2) is 36.4 Å². The molecule has 0 fully saturated rings. The predicted octanol–water partition coefficient (Wildman–Crippen LogP) is 4.21. The molecule has 5 heteroatoms. The van der Waals surface area contributed by atoms with Crippen molar-refractivity contribution in [3.05, 3.63) is 58.4 Å². The first kappa shape index (κ1) is 13.8. The monoisotopic (exact) mass is 295 g/mol. The minimum Gasteiger partial charge on any atom is -0.456 e. The van der Waals surface area contributed by atoms with Gasteiger partial charge in [0.25, 0.3) is 0 Å². The SMILES string of the molecule is Cc1ccc(Oc2cc(Cl)ccc2C(N)=S)cc1F. The maximum absolute atomic E-state index is 13.5. The van der Waals surface area contributed by atoms with Crippen LogP contribution in [0.3, 0.4) is 0 Å². The summed E-state index contributed by atoms with van der Waals surface area (Å²) in [5, 5.41) is 0.489. The zero-order valence-electron chi connectivity index (χ0n) is 10.1. The number of nitrogens with two attached hydrogens (primary N) is 1. The Bertz CT molecular complexity index is 645. The summed E-state index contributed by atoms with van der Waals surface area (Å²) >= 11 is 10.8. The van der Waals surface area contributed by atoms with Crippen molar-refractivity contribution in [3.8, 4) is 11.5 Å². The average Bonchev–Trinajstić information content (AvgIpc) is 2.33. The highest BCUT2D eigenvalue weighted by molar-refractivity contribution is 7.80. The summed E-state index contributed by atoms with van der Waals surface area (Å²) in [6.45, 7) is 1.68. The van der Waals surface area contributed by atoms with Gasteiger partial charge in [0, 0.05) is 17.2 Å². The number of thiocarbonyl (C=S) groups is 1. The molecule has 0 heterocycles. The number of rotatable bonds is 3. The summed E-state index contributed by atoms with van der Waals surface area (Å²) in [5.74, 6) is 0.433. The van der Waals surface area contributed by atoms with Crippen LogP contribution < -0.4 is 10.5 Å². The molecule has 0 aliphatic heterocycles. The summed E-state index contributed by atoms with van der Waals surface area (Å²) in [6.07, 6.45) is 0. The number of benzene rings is 2. The second-order valence-electron chi connectivity index (χ2n) is 4.02. The van der Waals surface area contributed by atoms with E-state index in [0.29, 0.717) is 27.6 Å². The summed E-state index contributed by atoms with van der Waals surface area (Å²) in [4.78, 5) is 0.194. The molecule has 98 valence electrons. The molecule has 2 N–H and O–H groups in total. The fraction of sp³-hybridized carbons (Fsp3) is 0.0714. The van der Waals surface area contributed by atoms with Crippen molar-refractivity contribution in [2.75, 3.05) is 0 Å². The average molecular weight is 296 g/mol. The Morgan fingerprint density at radius 1 is 1.26 bits per heavy atom. The molecular formula is C14H11ClFNOS. The van der Waals surface area contributed by atoms with Crippen molar-refractivity contribution in [2.45, 2.75) is 6.92 Å². The molecule has 0 radical (unpaired) electrons. The van der Waals surface area contributed by atoms with Gasteiger partial charge in [-0.2, -0.15) is 0 Å². The van der Waals surface area contributed by atoms with Gasteiger partial charge in [-0.15, -0.1) is 0 Å². The molecule has 2 rings (SSSR count). The van der Waals surface area contributed by atoms with Crippen molar-refractivity contribution in [1.82, 2.24) is 0 Å². The maximum Gasteiger partial charge on any atom is 0.139 e. The van der Waals surface area contributed by atoms with Gasteiger partial charge in [0.2, 0.25) is 0 Å². The van der Waals surface area contributed by atoms with Gasteiger partial charge in [-0.1, -0.05) is 29.9 Å². The molecule has 0 saturated heterocycles. The largest absolute Gasteiger partial charge is 0.456 e. The normalized spacial score (nSPS) is 10.3. The molecule has 2 nitrogen and oxygen atoms in total. The van der Waals surface area contributed by atoms with E-state index in [1.165, 1.54) is 6.07 Å². The van der Waals surface area contributed by atoms with E-state index in [2.05, 4.69) is 0 Å². The zero-order valence-corrected chi connectivity index (χ0v) is 11.7. The lowest BCUT2D eigenvalue weighted by molar-refractivity contribution is 0.475. The Morgan fingerprint density at radius 3 is 2.63 bits per heavy atom. The molecule has 0 spiro atoms. The molecule has 2 aromatic rings. The lowest BCUT2D eigenvalue weighted by Crippen LogP contribution is -2.10. The van der Waals surface area contributed by atoms with Gasteiger partial charge in [-0.25, -0.2) is 4.39 Å². The quantitative estimate of drug-likeness (QED) is 0.861. The minimum absolute atomic E-state index is 0.194. The topological polar surface area (TPSA) is 35.2 Å². The smallest absolute Gasteiger partial charge is 0.139 e. The van der Waals surface area contributed by atoms with Crippen LogP contribution >= 0.6 is 23.8 Å². The van der Waals surface area contributed by atoms with Crippen LogP contribution in [0.25, 0.3) is 0 Å². The highest BCUT2D eigenvalue weighted by Gasteiger charge is 2.09. The molecule has 0 atom stereocenters. The molecular weight excluding hydrogens is 285 g/mol. The summed E-state index contributed by atoms with van der Waals surface area (Å²) < 4.78 is 19.1. The summed E-state index contributed by atoms with van der Waals surface area (Å²) in [6, 6.07) is 9.54. The van der Waals surface area contributed by atoms with E-state index < -0.39 is 0 Å². The highest BCUT2D eigenvalue weighted by atomic mass is 35.5. The van der Waals surface area contributed by atoms with Crippen LogP contribution in [0.4, 0.5) is 4.39 Å². The Hall–Kier alpha value is -1.65. The molecule has 19 heavy (non-hydrogen) atoms. The van der Waals surface area contributed by atoms with E-state index in [1.807, 2.05) is 0 Å². The van der Waals surface area contributed by atoms with Gasteiger partial charge in [-0.3, -0.25) is 0 Å². The van der Waals surface area contributed by atoms with Crippen molar-refractivity contribution < 1.29 is 9.13 Å². The molecule has 0 aliphatic rings. The van der Waals surface area contributed by atoms with Gasteiger partial charge in [0.15, 0.2) is 0 Å². The first-order valence-corrected chi connectivity index (χ1v) is 6.29. The minimum atomic E-state index is -0.337. The number of halogens is 2. The molecule has 0 bridgehead atoms. The van der Waals surface area contributed by atoms with Crippen LogP contribution in [0.2, 0.25) is 5.02 Å². The highest BCUT2D eigenvalue weighted by Crippen LogP contribution is 2.29. The van der Waals surface area contributed by atoms with E-state index in [9.17, 15) is 4.39 Å². The number of aryl methyl sites for hydroxylation is 1. The Morgan fingerprint density at radius 2 is 2.00 bits per heavy atom. The van der Waals surface area contributed by atoms with Crippen LogP contribution in [0.5, 0.6) is 11.5 Å². The Kier molecular flexibility index (Phi) is 4.02. The molecule has 0 aliphatic carbocycles. The van der Waals surface area contributed by atoms with Crippen LogP contribution in [0.1, 0.15) is 11.1 Å². The summed E-state index contributed by atoms with van der Waals surface area (Å²) in [7, 11) is 0. The third-order valence-corrected chi connectivity index (χ3v) is 3.04. The maximum atomic E-state index is 13.5. The molecule has 0 aromatic heterocycles. The van der Waals surface area contributed by atoms with Crippen molar-refractivity contribution in [3.63, 3.8) is 0 Å². The van der Waals surface area contributed by atoms with Gasteiger partial charge >= 0.3 is 0 Å². The second kappa shape index (κ2) is 5.55. The first-order chi connectivity index (χ1) is 8.97.